The van der Waals surface area contributed by atoms with Crippen molar-refractivity contribution < 1.29 is 4.42 Å². The Balaban J connectivity index is 2.42. The molecule has 1 aromatic carbocycles. The third kappa shape index (κ3) is 4.67. The average Bonchev–Trinajstić information content (AvgIpc) is 2.91. The average molecular weight is 329 g/mol. The Hall–Kier alpha value is -1.68. The molecule has 4 heteroatoms. The molecule has 0 aliphatic carbocycles. The number of hydrogen-bond acceptors (Lipinski definition) is 4. The lowest BCUT2D eigenvalue weighted by atomic mass is 9.79. The molecular formula is C20H31N3O. The molecule has 0 saturated heterocycles. The third-order valence-electron chi connectivity index (χ3n) is 4.04. The van der Waals surface area contributed by atoms with Crippen LogP contribution in [0.3, 0.4) is 0 Å². The van der Waals surface area contributed by atoms with Gasteiger partial charge < -0.3 is 9.73 Å². The molecule has 1 heterocycles. The van der Waals surface area contributed by atoms with Gasteiger partial charge >= 0.3 is 0 Å². The summed E-state index contributed by atoms with van der Waals surface area (Å²) in [4.78, 5) is 0. The lowest BCUT2D eigenvalue weighted by molar-refractivity contribution is 0.458. The van der Waals surface area contributed by atoms with E-state index in [2.05, 4.69) is 89.1 Å². The summed E-state index contributed by atoms with van der Waals surface area (Å²) in [5.74, 6) is 1.21. The van der Waals surface area contributed by atoms with Crippen molar-refractivity contribution in [2.75, 3.05) is 0 Å². The number of hydrogen-bond donors (Lipinski definition) is 1. The number of nitrogens with zero attached hydrogens (tertiary/aromatic N) is 2. The van der Waals surface area contributed by atoms with Gasteiger partial charge in [0.1, 0.15) is 0 Å². The summed E-state index contributed by atoms with van der Waals surface area (Å²) in [5, 5.41) is 11.7. The number of nitrogens with one attached hydrogen (secondary N) is 1. The second kappa shape index (κ2) is 6.67. The zero-order valence-corrected chi connectivity index (χ0v) is 16.3. The van der Waals surface area contributed by atoms with Gasteiger partial charge in [-0.1, -0.05) is 61.5 Å². The molecule has 0 fully saturated rings. The minimum Gasteiger partial charge on any atom is -0.419 e. The zero-order chi connectivity index (χ0) is 18.1. The fraction of sp³-hybridized carbons (Fsp3) is 0.600. The van der Waals surface area contributed by atoms with Crippen LogP contribution in [0.4, 0.5) is 0 Å². The molecule has 24 heavy (non-hydrogen) atoms. The zero-order valence-electron chi connectivity index (χ0n) is 16.3. The molecule has 0 radical (unpaired) electrons. The summed E-state index contributed by atoms with van der Waals surface area (Å²) < 4.78 is 5.87. The van der Waals surface area contributed by atoms with Gasteiger partial charge in [-0.25, -0.2) is 0 Å². The summed E-state index contributed by atoms with van der Waals surface area (Å²) in [6.07, 6.45) is 0. The molecule has 0 aliphatic heterocycles. The predicted molar refractivity (Wildman–Crippen MR) is 99.1 cm³/mol. The van der Waals surface area contributed by atoms with Crippen LogP contribution >= 0.6 is 0 Å². The first-order valence-electron chi connectivity index (χ1n) is 8.69. The maximum absolute atomic E-state index is 5.87. The molecule has 0 saturated carbocycles. The largest absolute Gasteiger partial charge is 0.419 e. The number of benzene rings is 1. The Kier molecular flexibility index (Phi) is 5.19. The quantitative estimate of drug-likeness (QED) is 0.873. The summed E-state index contributed by atoms with van der Waals surface area (Å²) in [6, 6.07) is 7.02. The minimum atomic E-state index is 0.0675. The van der Waals surface area contributed by atoms with Gasteiger partial charge in [0.25, 0.3) is 0 Å². The standard InChI is InChI=1S/C20H31N3O/c1-13(2)21-12-17-22-23-18(24-17)14-9-15(19(3,4)5)11-16(10-14)20(6,7)8/h9-11,13,21H,12H2,1-8H3. The molecule has 1 aromatic heterocycles. The first kappa shape index (κ1) is 18.7. The predicted octanol–water partition coefficient (Wildman–Crippen LogP) is 4.83. The van der Waals surface area contributed by atoms with E-state index >= 15 is 0 Å². The van der Waals surface area contributed by atoms with Crippen molar-refractivity contribution in [2.24, 2.45) is 0 Å². The molecule has 0 amide bonds. The highest BCUT2D eigenvalue weighted by Crippen LogP contribution is 2.33. The van der Waals surface area contributed by atoms with Crippen LogP contribution in [0, 0.1) is 0 Å². The third-order valence-corrected chi connectivity index (χ3v) is 4.04. The van der Waals surface area contributed by atoms with Gasteiger partial charge in [-0.2, -0.15) is 0 Å². The van der Waals surface area contributed by atoms with Gasteiger partial charge in [0.15, 0.2) is 0 Å². The molecule has 0 bridgehead atoms. The van der Waals surface area contributed by atoms with Crippen LogP contribution in [0.5, 0.6) is 0 Å². The highest BCUT2D eigenvalue weighted by molar-refractivity contribution is 5.57. The lowest BCUT2D eigenvalue weighted by Gasteiger charge is -2.25. The SMILES string of the molecule is CC(C)NCc1nnc(-c2cc(C(C)(C)C)cc(C(C)(C)C)c2)o1. The van der Waals surface area contributed by atoms with Gasteiger partial charge in [-0.15, -0.1) is 10.2 Å². The highest BCUT2D eigenvalue weighted by atomic mass is 16.4. The topological polar surface area (TPSA) is 51.0 Å². The monoisotopic (exact) mass is 329 g/mol. The van der Waals surface area contributed by atoms with Crippen molar-refractivity contribution in [3.63, 3.8) is 0 Å². The van der Waals surface area contributed by atoms with E-state index in [0.29, 0.717) is 24.4 Å². The van der Waals surface area contributed by atoms with Gasteiger partial charge in [0.05, 0.1) is 6.54 Å². The van der Waals surface area contributed by atoms with E-state index in [9.17, 15) is 0 Å². The van der Waals surface area contributed by atoms with Gasteiger partial charge in [-0.3, -0.25) is 0 Å². The van der Waals surface area contributed by atoms with Crippen molar-refractivity contribution >= 4 is 0 Å². The summed E-state index contributed by atoms with van der Waals surface area (Å²) in [7, 11) is 0. The summed E-state index contributed by atoms with van der Waals surface area (Å²) in [6.45, 7) is 18.1. The van der Waals surface area contributed by atoms with Crippen molar-refractivity contribution in [3.8, 4) is 11.5 Å². The molecule has 4 nitrogen and oxygen atoms in total. The normalized spacial score (nSPS) is 12.9. The van der Waals surface area contributed by atoms with E-state index in [4.69, 9.17) is 4.42 Å². The number of rotatable bonds is 4. The van der Waals surface area contributed by atoms with Crippen molar-refractivity contribution in [1.29, 1.82) is 0 Å². The minimum absolute atomic E-state index is 0.0675. The fourth-order valence-corrected chi connectivity index (χ4v) is 2.35. The number of aromatic nitrogens is 2. The summed E-state index contributed by atoms with van der Waals surface area (Å²) >= 11 is 0. The Bertz CT molecular complexity index is 655. The van der Waals surface area contributed by atoms with E-state index in [1.165, 1.54) is 11.1 Å². The van der Waals surface area contributed by atoms with Crippen LogP contribution in [0.25, 0.3) is 11.5 Å². The van der Waals surface area contributed by atoms with Crippen LogP contribution in [0.15, 0.2) is 22.6 Å². The molecule has 0 spiro atoms. The molecule has 0 aliphatic rings. The highest BCUT2D eigenvalue weighted by Gasteiger charge is 2.22. The lowest BCUT2D eigenvalue weighted by Crippen LogP contribution is -2.21. The van der Waals surface area contributed by atoms with Crippen LogP contribution < -0.4 is 5.32 Å². The Morgan fingerprint density at radius 2 is 1.46 bits per heavy atom. The van der Waals surface area contributed by atoms with Gasteiger partial charge in [-0.05, 0) is 34.1 Å². The van der Waals surface area contributed by atoms with Crippen LogP contribution in [0.1, 0.15) is 72.4 Å². The van der Waals surface area contributed by atoms with Gasteiger partial charge in [0, 0.05) is 11.6 Å². The van der Waals surface area contributed by atoms with Gasteiger partial charge in [0.2, 0.25) is 11.8 Å². The molecule has 2 aromatic rings. The van der Waals surface area contributed by atoms with Crippen LogP contribution in [-0.4, -0.2) is 16.2 Å². The first-order chi connectivity index (χ1) is 11.0. The second-order valence-corrected chi connectivity index (χ2v) is 8.84. The molecule has 132 valence electrons. The molecule has 0 unspecified atom stereocenters. The molecule has 0 atom stereocenters. The molecular weight excluding hydrogens is 298 g/mol. The fourth-order valence-electron chi connectivity index (χ4n) is 2.35. The van der Waals surface area contributed by atoms with Crippen LogP contribution in [-0.2, 0) is 17.4 Å². The van der Waals surface area contributed by atoms with E-state index < -0.39 is 0 Å². The Labute approximate surface area is 146 Å². The van der Waals surface area contributed by atoms with Crippen molar-refractivity contribution in [1.82, 2.24) is 15.5 Å². The van der Waals surface area contributed by atoms with Crippen molar-refractivity contribution in [3.05, 3.63) is 35.2 Å². The molecule has 2 rings (SSSR count). The first-order valence-corrected chi connectivity index (χ1v) is 8.69. The maximum atomic E-state index is 5.87. The Morgan fingerprint density at radius 1 is 0.917 bits per heavy atom. The van der Waals surface area contributed by atoms with E-state index in [0.717, 1.165) is 5.56 Å². The maximum Gasteiger partial charge on any atom is 0.247 e. The Morgan fingerprint density at radius 3 is 1.92 bits per heavy atom. The molecule has 1 N–H and O–H groups in total. The van der Waals surface area contributed by atoms with E-state index in [1.807, 2.05) is 0 Å². The van der Waals surface area contributed by atoms with E-state index in [-0.39, 0.29) is 10.8 Å². The van der Waals surface area contributed by atoms with Crippen molar-refractivity contribution in [2.45, 2.75) is 78.8 Å². The smallest absolute Gasteiger partial charge is 0.247 e. The second-order valence-electron chi connectivity index (χ2n) is 8.84. The van der Waals surface area contributed by atoms with Crippen LogP contribution in [0.2, 0.25) is 0 Å². The summed E-state index contributed by atoms with van der Waals surface area (Å²) in [5.41, 5.74) is 3.70. The van der Waals surface area contributed by atoms with E-state index in [1.54, 1.807) is 0 Å².